The van der Waals surface area contributed by atoms with Crippen LogP contribution in [0.2, 0.25) is 0 Å². The van der Waals surface area contributed by atoms with Gasteiger partial charge in [0.25, 0.3) is 0 Å². The fourth-order valence-electron chi connectivity index (χ4n) is 2.00. The number of aliphatic hydroxyl groups is 1. The van der Waals surface area contributed by atoms with E-state index in [4.69, 9.17) is 5.11 Å². The smallest absolute Gasteiger partial charge is 0.220 e. The van der Waals surface area contributed by atoms with Gasteiger partial charge in [-0.2, -0.15) is 0 Å². The van der Waals surface area contributed by atoms with Crippen LogP contribution in [0.5, 0.6) is 0 Å². The standard InChI is InChI=1S/C17H25FN2O3/c1-17(2,12-21)11-16(23)20-9-8-19-15(22)7-6-13-4-3-5-14(18)10-13/h3-5,10,21H,6-9,11-12H2,1-2H3,(H,19,22)(H,20,23). The molecule has 128 valence electrons. The van der Waals surface area contributed by atoms with E-state index in [0.717, 1.165) is 5.56 Å². The molecule has 0 spiro atoms. The third-order valence-corrected chi connectivity index (χ3v) is 3.37. The Hall–Kier alpha value is -1.95. The lowest BCUT2D eigenvalue weighted by molar-refractivity contribution is -0.124. The topological polar surface area (TPSA) is 78.4 Å². The van der Waals surface area contributed by atoms with E-state index in [2.05, 4.69) is 10.6 Å². The number of carbonyl (C=O) groups excluding carboxylic acids is 2. The number of hydrogen-bond acceptors (Lipinski definition) is 3. The second kappa shape index (κ2) is 9.25. The molecule has 23 heavy (non-hydrogen) atoms. The largest absolute Gasteiger partial charge is 0.396 e. The fraction of sp³-hybridized carbons (Fsp3) is 0.529. The van der Waals surface area contributed by atoms with E-state index in [9.17, 15) is 14.0 Å². The molecular weight excluding hydrogens is 299 g/mol. The van der Waals surface area contributed by atoms with Crippen LogP contribution in [0.15, 0.2) is 24.3 Å². The van der Waals surface area contributed by atoms with Gasteiger partial charge in [0.2, 0.25) is 11.8 Å². The van der Waals surface area contributed by atoms with Crippen LogP contribution in [0.3, 0.4) is 0 Å². The fourth-order valence-corrected chi connectivity index (χ4v) is 2.00. The quantitative estimate of drug-likeness (QED) is 0.601. The summed E-state index contributed by atoms with van der Waals surface area (Å²) >= 11 is 0. The average Bonchev–Trinajstić information content (AvgIpc) is 2.49. The summed E-state index contributed by atoms with van der Waals surface area (Å²) < 4.78 is 13.0. The zero-order valence-corrected chi connectivity index (χ0v) is 13.7. The number of aliphatic hydroxyl groups excluding tert-OH is 1. The highest BCUT2D eigenvalue weighted by atomic mass is 19.1. The number of halogens is 1. The first-order valence-corrected chi connectivity index (χ1v) is 7.71. The lowest BCUT2D eigenvalue weighted by Crippen LogP contribution is -2.36. The van der Waals surface area contributed by atoms with Gasteiger partial charge < -0.3 is 15.7 Å². The minimum Gasteiger partial charge on any atom is -0.396 e. The molecule has 0 atom stereocenters. The Morgan fingerprint density at radius 3 is 2.43 bits per heavy atom. The van der Waals surface area contributed by atoms with Crippen molar-refractivity contribution in [1.29, 1.82) is 0 Å². The summed E-state index contributed by atoms with van der Waals surface area (Å²) in [6.07, 6.45) is 0.979. The number of carbonyl (C=O) groups is 2. The zero-order valence-electron chi connectivity index (χ0n) is 13.7. The van der Waals surface area contributed by atoms with Crippen molar-refractivity contribution in [3.8, 4) is 0 Å². The Morgan fingerprint density at radius 1 is 1.17 bits per heavy atom. The number of amides is 2. The van der Waals surface area contributed by atoms with Gasteiger partial charge in [0.1, 0.15) is 5.82 Å². The van der Waals surface area contributed by atoms with Gasteiger partial charge in [0.15, 0.2) is 0 Å². The highest BCUT2D eigenvalue weighted by Crippen LogP contribution is 2.18. The summed E-state index contributed by atoms with van der Waals surface area (Å²) in [5, 5.41) is 14.5. The summed E-state index contributed by atoms with van der Waals surface area (Å²) in [6, 6.07) is 6.17. The molecule has 0 aliphatic heterocycles. The van der Waals surface area contributed by atoms with E-state index in [1.165, 1.54) is 12.1 Å². The summed E-state index contributed by atoms with van der Waals surface area (Å²) in [5.74, 6) is -0.603. The average molecular weight is 324 g/mol. The van der Waals surface area contributed by atoms with Crippen molar-refractivity contribution in [1.82, 2.24) is 10.6 Å². The Balaban J connectivity index is 2.16. The molecule has 1 rings (SSSR count). The van der Waals surface area contributed by atoms with E-state index in [0.29, 0.717) is 19.5 Å². The van der Waals surface area contributed by atoms with Gasteiger partial charge >= 0.3 is 0 Å². The maximum absolute atomic E-state index is 13.0. The normalized spacial score (nSPS) is 11.1. The molecule has 0 unspecified atom stereocenters. The van der Waals surface area contributed by atoms with E-state index >= 15 is 0 Å². The van der Waals surface area contributed by atoms with E-state index < -0.39 is 5.41 Å². The van der Waals surface area contributed by atoms with Gasteiger partial charge in [-0.15, -0.1) is 0 Å². The maximum Gasteiger partial charge on any atom is 0.220 e. The number of nitrogens with one attached hydrogen (secondary N) is 2. The van der Waals surface area contributed by atoms with Gasteiger partial charge in [-0.25, -0.2) is 4.39 Å². The molecule has 0 aliphatic rings. The summed E-state index contributed by atoms with van der Waals surface area (Å²) in [5.41, 5.74) is 0.331. The van der Waals surface area contributed by atoms with Gasteiger partial charge in [0.05, 0.1) is 0 Å². The second-order valence-electron chi connectivity index (χ2n) is 6.33. The van der Waals surface area contributed by atoms with Gasteiger partial charge in [-0.1, -0.05) is 26.0 Å². The van der Waals surface area contributed by atoms with Crippen LogP contribution in [-0.4, -0.2) is 36.6 Å². The van der Waals surface area contributed by atoms with E-state index in [1.807, 2.05) is 0 Å². The van der Waals surface area contributed by atoms with Crippen molar-refractivity contribution in [2.24, 2.45) is 5.41 Å². The Kier molecular flexibility index (Phi) is 7.68. The molecule has 5 nitrogen and oxygen atoms in total. The Morgan fingerprint density at radius 2 is 1.83 bits per heavy atom. The van der Waals surface area contributed by atoms with Crippen molar-refractivity contribution in [3.05, 3.63) is 35.6 Å². The van der Waals surface area contributed by atoms with Gasteiger partial charge in [-0.05, 0) is 29.5 Å². The number of benzene rings is 1. The maximum atomic E-state index is 13.0. The lowest BCUT2D eigenvalue weighted by atomic mass is 9.90. The monoisotopic (exact) mass is 324 g/mol. The molecule has 6 heteroatoms. The van der Waals surface area contributed by atoms with Crippen molar-refractivity contribution in [3.63, 3.8) is 0 Å². The predicted molar refractivity (Wildman–Crippen MR) is 86.2 cm³/mol. The number of rotatable bonds is 9. The molecule has 0 heterocycles. The highest BCUT2D eigenvalue weighted by molar-refractivity contribution is 5.77. The Labute approximate surface area is 136 Å². The molecule has 0 saturated carbocycles. The first kappa shape index (κ1) is 19.1. The third-order valence-electron chi connectivity index (χ3n) is 3.37. The van der Waals surface area contributed by atoms with Crippen molar-refractivity contribution in [2.45, 2.75) is 33.1 Å². The molecule has 0 fully saturated rings. The molecular formula is C17H25FN2O3. The molecule has 0 aromatic heterocycles. The molecule has 1 aromatic rings. The molecule has 1 aromatic carbocycles. The molecule has 0 aliphatic carbocycles. The Bertz CT molecular complexity index is 532. The van der Waals surface area contributed by atoms with Crippen LogP contribution in [0.4, 0.5) is 4.39 Å². The van der Waals surface area contributed by atoms with Crippen LogP contribution >= 0.6 is 0 Å². The van der Waals surface area contributed by atoms with Crippen molar-refractivity contribution in [2.75, 3.05) is 19.7 Å². The molecule has 0 bridgehead atoms. The van der Waals surface area contributed by atoms with E-state index in [1.54, 1.807) is 26.0 Å². The summed E-state index contributed by atoms with van der Waals surface area (Å²) in [7, 11) is 0. The predicted octanol–water partition coefficient (Wildman–Crippen LogP) is 1.40. The molecule has 0 radical (unpaired) electrons. The summed E-state index contributed by atoms with van der Waals surface area (Å²) in [4.78, 5) is 23.3. The second-order valence-corrected chi connectivity index (χ2v) is 6.33. The molecule has 2 amide bonds. The number of aryl methyl sites for hydroxylation is 1. The van der Waals surface area contributed by atoms with Crippen LogP contribution in [-0.2, 0) is 16.0 Å². The molecule has 0 saturated heterocycles. The SMILES string of the molecule is CC(C)(CO)CC(=O)NCCNC(=O)CCc1cccc(F)c1. The minimum atomic E-state index is -0.446. The molecule has 3 N–H and O–H groups in total. The van der Waals surface area contributed by atoms with Crippen LogP contribution in [0.1, 0.15) is 32.3 Å². The first-order valence-electron chi connectivity index (χ1n) is 7.71. The minimum absolute atomic E-state index is 0.0583. The van der Waals surface area contributed by atoms with Crippen molar-refractivity contribution < 1.29 is 19.1 Å². The highest BCUT2D eigenvalue weighted by Gasteiger charge is 2.20. The van der Waals surface area contributed by atoms with Crippen molar-refractivity contribution >= 4 is 11.8 Å². The van der Waals surface area contributed by atoms with Crippen LogP contribution < -0.4 is 10.6 Å². The van der Waals surface area contributed by atoms with E-state index in [-0.39, 0.29) is 37.1 Å². The first-order chi connectivity index (χ1) is 10.8. The number of hydrogen-bond donors (Lipinski definition) is 3. The van der Waals surface area contributed by atoms with Crippen LogP contribution in [0, 0.1) is 11.2 Å². The third kappa shape index (κ3) is 8.30. The lowest BCUT2D eigenvalue weighted by Gasteiger charge is -2.20. The van der Waals surface area contributed by atoms with Gasteiger partial charge in [-0.3, -0.25) is 9.59 Å². The van der Waals surface area contributed by atoms with Gasteiger partial charge in [0, 0.05) is 32.5 Å². The summed E-state index contributed by atoms with van der Waals surface area (Å²) in [6.45, 7) is 4.23. The zero-order chi connectivity index (χ0) is 17.3. The van der Waals surface area contributed by atoms with Crippen LogP contribution in [0.25, 0.3) is 0 Å².